The average Bonchev–Trinajstić information content (AvgIpc) is 3.07. The standard InChI is InChI=1S/C33H28N4O/c1-3-11-23-17-25-26(18-24(12-4-2)33(23)38)35-28-20-30-29(19-27(28)34-25)36-31(21-13-7-5-8-14-21)32(37-30)22-15-9-6-10-16-22/h5-10,13-20H,3-4,11-12H2,1-2H3. The van der Waals surface area contributed by atoms with Gasteiger partial charge in [0, 0.05) is 22.3 Å². The zero-order valence-electron chi connectivity index (χ0n) is 21.6. The third-order valence-electron chi connectivity index (χ3n) is 6.84. The predicted molar refractivity (Wildman–Crippen MR) is 155 cm³/mol. The molecule has 0 bridgehead atoms. The number of aryl methyl sites for hydroxylation is 2. The second-order valence-corrected chi connectivity index (χ2v) is 9.64. The van der Waals surface area contributed by atoms with Gasteiger partial charge in [-0.2, -0.15) is 0 Å². The Labute approximate surface area is 221 Å². The van der Waals surface area contributed by atoms with Gasteiger partial charge in [-0.15, -0.1) is 0 Å². The Balaban J connectivity index is 1.63. The molecule has 0 atom stereocenters. The summed E-state index contributed by atoms with van der Waals surface area (Å²) >= 11 is 0. The van der Waals surface area contributed by atoms with Crippen molar-refractivity contribution in [3.05, 3.63) is 106 Å². The Morgan fingerprint density at radius 1 is 0.500 bits per heavy atom. The van der Waals surface area contributed by atoms with Gasteiger partial charge < -0.3 is 0 Å². The van der Waals surface area contributed by atoms with Gasteiger partial charge in [-0.05, 0) is 37.1 Å². The van der Waals surface area contributed by atoms with Crippen LogP contribution >= 0.6 is 0 Å². The SMILES string of the molecule is CCCc1cc2nc3cc4nc(-c5ccccc5)c(-c5ccccc5)nc4cc3nc2cc(CCC)c1=O. The number of nitrogens with zero attached hydrogens (tertiary/aromatic N) is 4. The van der Waals surface area contributed by atoms with Gasteiger partial charge >= 0.3 is 0 Å². The summed E-state index contributed by atoms with van der Waals surface area (Å²) in [5, 5.41) is 0. The molecule has 0 amide bonds. The second kappa shape index (κ2) is 10.1. The Morgan fingerprint density at radius 3 is 1.26 bits per heavy atom. The molecular weight excluding hydrogens is 468 g/mol. The molecule has 4 aromatic carbocycles. The minimum absolute atomic E-state index is 0.117. The molecule has 0 aliphatic carbocycles. The van der Waals surface area contributed by atoms with Gasteiger partial charge in [0.05, 0.1) is 44.5 Å². The van der Waals surface area contributed by atoms with Crippen LogP contribution in [0.5, 0.6) is 0 Å². The molecule has 0 N–H and O–H groups in total. The number of aromatic nitrogens is 4. The van der Waals surface area contributed by atoms with Crippen molar-refractivity contribution in [2.45, 2.75) is 39.5 Å². The van der Waals surface area contributed by atoms with Crippen molar-refractivity contribution in [1.82, 2.24) is 19.9 Å². The van der Waals surface area contributed by atoms with Crippen LogP contribution < -0.4 is 5.43 Å². The molecule has 6 aromatic rings. The van der Waals surface area contributed by atoms with Gasteiger partial charge in [-0.3, -0.25) is 4.79 Å². The van der Waals surface area contributed by atoms with Crippen LogP contribution in [-0.2, 0) is 12.8 Å². The Morgan fingerprint density at radius 2 is 0.868 bits per heavy atom. The van der Waals surface area contributed by atoms with E-state index in [0.717, 1.165) is 92.4 Å². The summed E-state index contributed by atoms with van der Waals surface area (Å²) in [5.74, 6) is 0. The fraction of sp³-hybridized carbons (Fsp3) is 0.182. The van der Waals surface area contributed by atoms with Gasteiger partial charge in [0.25, 0.3) is 0 Å². The van der Waals surface area contributed by atoms with Crippen LogP contribution in [-0.4, -0.2) is 19.9 Å². The van der Waals surface area contributed by atoms with E-state index in [1.165, 1.54) is 0 Å². The molecule has 6 rings (SSSR count). The van der Waals surface area contributed by atoms with E-state index in [2.05, 4.69) is 38.1 Å². The van der Waals surface area contributed by atoms with E-state index in [0.29, 0.717) is 0 Å². The predicted octanol–water partition coefficient (Wildman–Crippen LogP) is 7.33. The molecule has 186 valence electrons. The van der Waals surface area contributed by atoms with Crippen LogP contribution in [0.15, 0.2) is 89.7 Å². The minimum atomic E-state index is 0.117. The topological polar surface area (TPSA) is 68.6 Å². The number of benzene rings is 3. The maximum absolute atomic E-state index is 13.2. The van der Waals surface area contributed by atoms with Gasteiger partial charge in [-0.25, -0.2) is 19.9 Å². The van der Waals surface area contributed by atoms with Crippen LogP contribution in [0, 0.1) is 0 Å². The molecule has 5 heteroatoms. The highest BCUT2D eigenvalue weighted by molar-refractivity contribution is 5.96. The van der Waals surface area contributed by atoms with E-state index in [9.17, 15) is 4.79 Å². The summed E-state index contributed by atoms with van der Waals surface area (Å²) in [5.41, 5.74) is 9.86. The molecular formula is C33H28N4O. The molecule has 0 saturated heterocycles. The summed E-state index contributed by atoms with van der Waals surface area (Å²) in [6.45, 7) is 4.18. The highest BCUT2D eigenvalue weighted by Gasteiger charge is 2.15. The van der Waals surface area contributed by atoms with E-state index in [1.54, 1.807) is 0 Å². The van der Waals surface area contributed by atoms with Crippen LogP contribution in [0.3, 0.4) is 0 Å². The summed E-state index contributed by atoms with van der Waals surface area (Å²) in [6.07, 6.45) is 3.26. The average molecular weight is 497 g/mol. The van der Waals surface area contributed by atoms with E-state index in [4.69, 9.17) is 19.9 Å². The van der Waals surface area contributed by atoms with Crippen molar-refractivity contribution >= 4 is 33.1 Å². The number of hydrogen-bond donors (Lipinski definition) is 0. The number of fused-ring (bicyclic) bond motifs is 3. The summed E-state index contributed by atoms with van der Waals surface area (Å²) in [4.78, 5) is 33.3. The van der Waals surface area contributed by atoms with Crippen molar-refractivity contribution in [3.8, 4) is 22.5 Å². The molecule has 0 unspecified atom stereocenters. The molecule has 5 nitrogen and oxygen atoms in total. The van der Waals surface area contributed by atoms with Crippen LogP contribution in [0.4, 0.5) is 0 Å². The van der Waals surface area contributed by atoms with Gasteiger partial charge in [0.1, 0.15) is 0 Å². The lowest BCUT2D eigenvalue weighted by Gasteiger charge is -2.11. The van der Waals surface area contributed by atoms with Crippen molar-refractivity contribution in [3.63, 3.8) is 0 Å². The largest absolute Gasteiger partial charge is 0.289 e. The smallest absolute Gasteiger partial charge is 0.185 e. The Hall–Kier alpha value is -4.51. The summed E-state index contributed by atoms with van der Waals surface area (Å²) in [6, 6.07) is 28.1. The van der Waals surface area contributed by atoms with Gasteiger partial charge in [0.15, 0.2) is 5.43 Å². The van der Waals surface area contributed by atoms with Crippen molar-refractivity contribution < 1.29 is 0 Å². The zero-order chi connectivity index (χ0) is 26.1. The lowest BCUT2D eigenvalue weighted by atomic mass is 10.0. The quantitative estimate of drug-likeness (QED) is 0.226. The van der Waals surface area contributed by atoms with E-state index in [-0.39, 0.29) is 5.43 Å². The normalized spacial score (nSPS) is 11.4. The van der Waals surface area contributed by atoms with Crippen molar-refractivity contribution in [1.29, 1.82) is 0 Å². The second-order valence-electron chi connectivity index (χ2n) is 9.64. The fourth-order valence-electron chi connectivity index (χ4n) is 5.02. The zero-order valence-corrected chi connectivity index (χ0v) is 21.6. The monoisotopic (exact) mass is 496 g/mol. The van der Waals surface area contributed by atoms with E-state index < -0.39 is 0 Å². The lowest BCUT2D eigenvalue weighted by Crippen LogP contribution is -2.11. The maximum atomic E-state index is 13.2. The van der Waals surface area contributed by atoms with Gasteiger partial charge in [0.2, 0.25) is 0 Å². The first-order valence-electron chi connectivity index (χ1n) is 13.2. The molecule has 0 fully saturated rings. The number of rotatable bonds is 6. The van der Waals surface area contributed by atoms with Gasteiger partial charge in [-0.1, -0.05) is 87.4 Å². The van der Waals surface area contributed by atoms with Crippen LogP contribution in [0.2, 0.25) is 0 Å². The lowest BCUT2D eigenvalue weighted by molar-refractivity contribution is 0.888. The Kier molecular flexibility index (Phi) is 6.34. The third-order valence-corrected chi connectivity index (χ3v) is 6.84. The molecule has 0 saturated carbocycles. The summed E-state index contributed by atoms with van der Waals surface area (Å²) < 4.78 is 0. The van der Waals surface area contributed by atoms with Crippen molar-refractivity contribution in [2.24, 2.45) is 0 Å². The van der Waals surface area contributed by atoms with E-state index >= 15 is 0 Å². The first-order chi connectivity index (χ1) is 18.6. The first-order valence-corrected chi connectivity index (χ1v) is 13.2. The highest BCUT2D eigenvalue weighted by atomic mass is 16.1. The fourth-order valence-corrected chi connectivity index (χ4v) is 5.02. The Bertz CT molecular complexity index is 1720. The summed E-state index contributed by atoms with van der Waals surface area (Å²) in [7, 11) is 0. The molecule has 0 aliphatic heterocycles. The molecule has 2 aromatic heterocycles. The van der Waals surface area contributed by atoms with E-state index in [1.807, 2.05) is 60.7 Å². The maximum Gasteiger partial charge on any atom is 0.185 e. The molecule has 0 aliphatic rings. The molecule has 38 heavy (non-hydrogen) atoms. The van der Waals surface area contributed by atoms with Crippen molar-refractivity contribution in [2.75, 3.05) is 0 Å². The van der Waals surface area contributed by atoms with Crippen LogP contribution in [0.25, 0.3) is 55.6 Å². The molecule has 0 spiro atoms. The van der Waals surface area contributed by atoms with Crippen LogP contribution in [0.1, 0.15) is 37.8 Å². The molecule has 2 heterocycles. The number of hydrogen-bond acceptors (Lipinski definition) is 5. The highest BCUT2D eigenvalue weighted by Crippen LogP contribution is 2.32. The third kappa shape index (κ3) is 4.41. The first kappa shape index (κ1) is 23.9. The molecule has 0 radical (unpaired) electrons. The minimum Gasteiger partial charge on any atom is -0.289 e.